The number of carbonyl (C=O) groups is 1. The number of hydrazone groups is 1. The first-order chi connectivity index (χ1) is 13.4. The molecule has 2 rings (SSSR count). The average Bonchev–Trinajstić information content (AvgIpc) is 2.61. The van der Waals surface area contributed by atoms with E-state index in [1.807, 2.05) is 26.0 Å². The van der Waals surface area contributed by atoms with Gasteiger partial charge < -0.3 is 14.2 Å². The van der Waals surface area contributed by atoms with Crippen molar-refractivity contribution in [2.45, 2.75) is 27.2 Å². The van der Waals surface area contributed by atoms with Crippen LogP contribution in [0.25, 0.3) is 0 Å². The Hall–Kier alpha value is -2.73. The zero-order valence-corrected chi connectivity index (χ0v) is 17.3. The fourth-order valence-electron chi connectivity index (χ4n) is 2.59. The van der Waals surface area contributed by atoms with Crippen LogP contribution in [0, 0.1) is 13.8 Å². The molecular weight excluding hydrogens is 380 g/mol. The highest BCUT2D eigenvalue weighted by Gasteiger charge is 2.11. The molecule has 1 N–H and O–H groups in total. The maximum atomic E-state index is 10.9. The zero-order chi connectivity index (χ0) is 20.5. The first-order valence-corrected chi connectivity index (χ1v) is 9.28. The number of carbonyl (C=O) groups excluding carboxylic acids is 1. The molecule has 0 spiro atoms. The topological polar surface area (TPSA) is 69.2 Å². The summed E-state index contributed by atoms with van der Waals surface area (Å²) >= 11 is 6.31. The molecule has 150 valence electrons. The molecule has 28 heavy (non-hydrogen) atoms. The molecule has 0 atom stereocenters. The van der Waals surface area contributed by atoms with Gasteiger partial charge in [0.2, 0.25) is 5.91 Å². The van der Waals surface area contributed by atoms with Gasteiger partial charge in [-0.1, -0.05) is 17.7 Å². The fourth-order valence-corrected chi connectivity index (χ4v) is 2.87. The van der Waals surface area contributed by atoms with E-state index < -0.39 is 0 Å². The second kappa shape index (κ2) is 10.6. The van der Waals surface area contributed by atoms with Gasteiger partial charge in [0.1, 0.15) is 5.75 Å². The number of ether oxygens (including phenoxy) is 3. The van der Waals surface area contributed by atoms with Crippen LogP contribution < -0.4 is 19.6 Å². The molecule has 0 heterocycles. The lowest BCUT2D eigenvalue weighted by Gasteiger charge is -2.14. The van der Waals surface area contributed by atoms with Crippen molar-refractivity contribution in [2.75, 3.05) is 20.3 Å². The summed E-state index contributed by atoms with van der Waals surface area (Å²) in [6, 6.07) is 9.55. The van der Waals surface area contributed by atoms with Crippen LogP contribution >= 0.6 is 11.6 Å². The van der Waals surface area contributed by atoms with Crippen molar-refractivity contribution in [3.63, 3.8) is 0 Å². The third-order valence-corrected chi connectivity index (χ3v) is 3.97. The maximum absolute atomic E-state index is 10.9. The monoisotopic (exact) mass is 404 g/mol. The lowest BCUT2D eigenvalue weighted by molar-refractivity contribution is -0.118. The Labute approximate surface area is 170 Å². The number of benzene rings is 2. The maximum Gasteiger partial charge on any atom is 0.236 e. The summed E-state index contributed by atoms with van der Waals surface area (Å²) in [5, 5.41) is 4.22. The van der Waals surface area contributed by atoms with Gasteiger partial charge in [-0.3, -0.25) is 4.79 Å². The average molecular weight is 405 g/mol. The number of halogens is 1. The van der Waals surface area contributed by atoms with Crippen molar-refractivity contribution in [3.8, 4) is 17.2 Å². The van der Waals surface area contributed by atoms with Gasteiger partial charge in [-0.05, 0) is 54.8 Å². The highest BCUT2D eigenvalue weighted by atomic mass is 35.5. The van der Waals surface area contributed by atoms with E-state index in [4.69, 9.17) is 25.8 Å². The Morgan fingerprint density at radius 1 is 1.11 bits per heavy atom. The first-order valence-electron chi connectivity index (χ1n) is 8.90. The number of aryl methyl sites for hydroxylation is 2. The third-order valence-electron chi connectivity index (χ3n) is 3.69. The van der Waals surface area contributed by atoms with Gasteiger partial charge >= 0.3 is 0 Å². The molecule has 1 amide bonds. The molecule has 0 unspecified atom stereocenters. The minimum absolute atomic E-state index is 0.252. The molecule has 0 saturated carbocycles. The molecule has 0 bridgehead atoms. The van der Waals surface area contributed by atoms with Gasteiger partial charge in [0, 0.05) is 13.3 Å². The largest absolute Gasteiger partial charge is 0.493 e. The Morgan fingerprint density at radius 2 is 1.79 bits per heavy atom. The van der Waals surface area contributed by atoms with Gasteiger partial charge in [-0.15, -0.1) is 0 Å². The molecule has 0 aliphatic rings. The normalized spacial score (nSPS) is 10.8. The van der Waals surface area contributed by atoms with Crippen molar-refractivity contribution in [3.05, 3.63) is 52.0 Å². The van der Waals surface area contributed by atoms with Crippen LogP contribution in [0.5, 0.6) is 17.2 Å². The summed E-state index contributed by atoms with van der Waals surface area (Å²) in [4.78, 5) is 10.9. The molecule has 2 aromatic rings. The van der Waals surface area contributed by atoms with E-state index >= 15 is 0 Å². The predicted octanol–water partition coefficient (Wildman–Crippen LogP) is 4.28. The number of methoxy groups -OCH3 is 1. The van der Waals surface area contributed by atoms with Crippen molar-refractivity contribution < 1.29 is 19.0 Å². The molecule has 0 fully saturated rings. The van der Waals surface area contributed by atoms with Crippen molar-refractivity contribution in [1.82, 2.24) is 5.43 Å². The van der Waals surface area contributed by atoms with Crippen molar-refractivity contribution >= 4 is 23.7 Å². The second-order valence-electron chi connectivity index (χ2n) is 6.33. The summed E-state index contributed by atoms with van der Waals surface area (Å²) in [6.07, 6.45) is 2.18. The van der Waals surface area contributed by atoms with E-state index in [1.54, 1.807) is 12.1 Å². The van der Waals surface area contributed by atoms with Crippen LogP contribution in [0.15, 0.2) is 35.4 Å². The first kappa shape index (κ1) is 21.6. The predicted molar refractivity (Wildman–Crippen MR) is 111 cm³/mol. The standard InChI is InChI=1S/C21H25ClN2O4/c1-14-8-15(2)10-18(9-14)27-6-5-7-28-21-19(22)11-17(12-20(21)26-4)13-23-24-16(3)25/h8-13H,5-7H2,1-4H3,(H,24,25)/b23-13+. The van der Waals surface area contributed by atoms with E-state index in [0.29, 0.717) is 41.7 Å². The molecule has 6 nitrogen and oxygen atoms in total. The lowest BCUT2D eigenvalue weighted by atomic mass is 10.1. The third kappa shape index (κ3) is 6.78. The summed E-state index contributed by atoms with van der Waals surface area (Å²) in [6.45, 7) is 6.43. The molecule has 2 aromatic carbocycles. The molecule has 0 saturated heterocycles. The Kier molecular flexibility index (Phi) is 8.14. The number of rotatable bonds is 9. The minimum Gasteiger partial charge on any atom is -0.493 e. The Balaban J connectivity index is 1.90. The molecular formula is C21H25ClN2O4. The Bertz CT molecular complexity index is 832. The SMILES string of the molecule is COc1cc(/C=N/NC(C)=O)cc(Cl)c1OCCCOc1cc(C)cc(C)c1. The van der Waals surface area contributed by atoms with Gasteiger partial charge in [0.05, 0.1) is 31.6 Å². The summed E-state index contributed by atoms with van der Waals surface area (Å²) in [5.41, 5.74) is 5.36. The van der Waals surface area contributed by atoms with Crippen molar-refractivity contribution in [2.24, 2.45) is 5.10 Å². The van der Waals surface area contributed by atoms with Crippen molar-refractivity contribution in [1.29, 1.82) is 0 Å². The van der Waals surface area contributed by atoms with Crippen LogP contribution in [0.1, 0.15) is 30.0 Å². The number of hydrogen-bond acceptors (Lipinski definition) is 5. The van der Waals surface area contributed by atoms with Crippen LogP contribution in [-0.2, 0) is 4.79 Å². The van der Waals surface area contributed by atoms with E-state index in [0.717, 1.165) is 5.75 Å². The number of nitrogens with zero attached hydrogens (tertiary/aromatic N) is 1. The van der Waals surface area contributed by atoms with E-state index in [2.05, 4.69) is 16.6 Å². The minimum atomic E-state index is -0.252. The van der Waals surface area contributed by atoms with Crippen LogP contribution in [0.4, 0.5) is 0 Å². The van der Waals surface area contributed by atoms with Gasteiger partial charge in [0.15, 0.2) is 11.5 Å². The number of hydrogen-bond donors (Lipinski definition) is 1. The summed E-state index contributed by atoms with van der Waals surface area (Å²) in [7, 11) is 1.54. The fraction of sp³-hybridized carbons (Fsp3) is 0.333. The molecule has 0 aromatic heterocycles. The van der Waals surface area contributed by atoms with E-state index in [1.165, 1.54) is 31.4 Å². The van der Waals surface area contributed by atoms with E-state index in [-0.39, 0.29) is 5.91 Å². The summed E-state index contributed by atoms with van der Waals surface area (Å²) < 4.78 is 16.9. The zero-order valence-electron chi connectivity index (χ0n) is 16.5. The van der Waals surface area contributed by atoms with E-state index in [9.17, 15) is 4.79 Å². The van der Waals surface area contributed by atoms with Gasteiger partial charge in [-0.2, -0.15) is 5.10 Å². The van der Waals surface area contributed by atoms with Crippen LogP contribution in [0.3, 0.4) is 0 Å². The molecule has 0 radical (unpaired) electrons. The van der Waals surface area contributed by atoms with Gasteiger partial charge in [-0.25, -0.2) is 5.43 Å². The Morgan fingerprint density at radius 3 is 2.43 bits per heavy atom. The lowest BCUT2D eigenvalue weighted by Crippen LogP contribution is -2.12. The molecule has 0 aliphatic carbocycles. The smallest absolute Gasteiger partial charge is 0.236 e. The van der Waals surface area contributed by atoms with Crippen LogP contribution in [-0.4, -0.2) is 32.4 Å². The summed E-state index contributed by atoms with van der Waals surface area (Å²) in [5.74, 6) is 1.56. The second-order valence-corrected chi connectivity index (χ2v) is 6.74. The van der Waals surface area contributed by atoms with Gasteiger partial charge in [0.25, 0.3) is 0 Å². The highest BCUT2D eigenvalue weighted by Crippen LogP contribution is 2.36. The highest BCUT2D eigenvalue weighted by molar-refractivity contribution is 6.32. The van der Waals surface area contributed by atoms with Crippen LogP contribution in [0.2, 0.25) is 5.02 Å². The molecule has 0 aliphatic heterocycles. The molecule has 7 heteroatoms. The number of amides is 1. The quantitative estimate of drug-likeness (QED) is 0.384. The number of nitrogens with one attached hydrogen (secondary N) is 1.